The van der Waals surface area contributed by atoms with Crippen LogP contribution in [0, 0.1) is 13.8 Å². The van der Waals surface area contributed by atoms with Crippen LogP contribution in [0.1, 0.15) is 49.7 Å². The van der Waals surface area contributed by atoms with Gasteiger partial charge in [-0.2, -0.15) is 10.1 Å². The summed E-state index contributed by atoms with van der Waals surface area (Å²) in [5, 5.41) is 5.52. The average molecular weight is 385 g/mol. The second-order valence-corrected chi connectivity index (χ2v) is 7.41. The fourth-order valence-electron chi connectivity index (χ4n) is 3.46. The first-order valence-electron chi connectivity index (χ1n) is 9.88. The lowest BCUT2D eigenvalue weighted by Gasteiger charge is -2.25. The lowest BCUT2D eigenvalue weighted by atomic mass is 10.1. The van der Waals surface area contributed by atoms with Crippen molar-refractivity contribution in [3.63, 3.8) is 0 Å². The van der Waals surface area contributed by atoms with Crippen LogP contribution < -0.4 is 5.01 Å². The summed E-state index contributed by atoms with van der Waals surface area (Å²) in [6.45, 7) is 4.97. The Morgan fingerprint density at radius 2 is 1.79 bits per heavy atom. The van der Waals surface area contributed by atoms with Gasteiger partial charge in [0, 0.05) is 25.9 Å². The number of rotatable bonds is 4. The van der Waals surface area contributed by atoms with Crippen LogP contribution in [0.15, 0.2) is 23.3 Å². The molecule has 7 heteroatoms. The molecule has 1 fully saturated rings. The van der Waals surface area contributed by atoms with Crippen LogP contribution in [0.2, 0.25) is 0 Å². The molecule has 0 bridgehead atoms. The number of amides is 2. The van der Waals surface area contributed by atoms with Crippen LogP contribution in [0.25, 0.3) is 0 Å². The van der Waals surface area contributed by atoms with Gasteiger partial charge >= 0.3 is 5.97 Å². The summed E-state index contributed by atoms with van der Waals surface area (Å²) in [7, 11) is 0. The molecule has 150 valence electrons. The van der Waals surface area contributed by atoms with Crippen LogP contribution in [-0.2, 0) is 19.1 Å². The molecule has 0 saturated carbocycles. The maximum Gasteiger partial charge on any atom is 0.355 e. The van der Waals surface area contributed by atoms with Gasteiger partial charge in [-0.15, -0.1) is 0 Å². The van der Waals surface area contributed by atoms with E-state index in [4.69, 9.17) is 4.74 Å². The van der Waals surface area contributed by atoms with Gasteiger partial charge in [-0.3, -0.25) is 9.59 Å². The molecule has 1 aromatic carbocycles. The molecular weight excluding hydrogens is 358 g/mol. The van der Waals surface area contributed by atoms with Crippen molar-refractivity contribution >= 4 is 29.2 Å². The molecule has 0 aromatic heterocycles. The molecule has 3 rings (SSSR count). The van der Waals surface area contributed by atoms with Gasteiger partial charge in [0.15, 0.2) is 6.61 Å². The standard InChI is InChI=1S/C21H27N3O4/c1-15-7-8-16(2)18(13-15)24-19(25)10-9-17(22-24)21(27)28-14-20(26)23-11-5-3-4-6-12-23/h7-8,13H,3-6,9-12,14H2,1-2H3. The summed E-state index contributed by atoms with van der Waals surface area (Å²) in [5.41, 5.74) is 2.73. The van der Waals surface area contributed by atoms with Crippen molar-refractivity contribution in [1.82, 2.24) is 4.90 Å². The number of hydrogen-bond donors (Lipinski definition) is 0. The number of hydrogen-bond acceptors (Lipinski definition) is 5. The first-order chi connectivity index (χ1) is 13.5. The van der Waals surface area contributed by atoms with Crippen LogP contribution in [0.5, 0.6) is 0 Å². The maximum absolute atomic E-state index is 12.4. The van der Waals surface area contributed by atoms with Crippen molar-refractivity contribution in [3.05, 3.63) is 29.3 Å². The normalized spacial score (nSPS) is 17.8. The molecule has 2 amide bonds. The molecule has 0 N–H and O–H groups in total. The minimum absolute atomic E-state index is 0.161. The van der Waals surface area contributed by atoms with Gasteiger partial charge in [-0.1, -0.05) is 25.0 Å². The quantitative estimate of drug-likeness (QED) is 0.747. The zero-order valence-corrected chi connectivity index (χ0v) is 16.6. The molecule has 0 radical (unpaired) electrons. The fraction of sp³-hybridized carbons (Fsp3) is 0.524. The Morgan fingerprint density at radius 1 is 1.07 bits per heavy atom. The number of carbonyl (C=O) groups excluding carboxylic acids is 3. The Labute approximate surface area is 165 Å². The van der Waals surface area contributed by atoms with Gasteiger partial charge in [0.05, 0.1) is 5.69 Å². The number of hydrazone groups is 1. The summed E-state index contributed by atoms with van der Waals surface area (Å²) in [6, 6.07) is 5.74. The van der Waals surface area contributed by atoms with E-state index in [-0.39, 0.29) is 37.0 Å². The van der Waals surface area contributed by atoms with E-state index in [2.05, 4.69) is 5.10 Å². The molecule has 28 heavy (non-hydrogen) atoms. The summed E-state index contributed by atoms with van der Waals surface area (Å²) < 4.78 is 5.21. The molecule has 2 aliphatic rings. The van der Waals surface area contributed by atoms with Crippen LogP contribution in [0.3, 0.4) is 0 Å². The first kappa shape index (κ1) is 20.0. The lowest BCUT2D eigenvalue weighted by Crippen LogP contribution is -2.38. The second-order valence-electron chi connectivity index (χ2n) is 7.41. The Kier molecular flexibility index (Phi) is 6.44. The van der Waals surface area contributed by atoms with E-state index in [9.17, 15) is 14.4 Å². The molecule has 1 saturated heterocycles. The summed E-state index contributed by atoms with van der Waals surface area (Å²) >= 11 is 0. The highest BCUT2D eigenvalue weighted by Crippen LogP contribution is 2.25. The van der Waals surface area contributed by atoms with Gasteiger partial charge in [0.2, 0.25) is 5.91 Å². The Hall–Kier alpha value is -2.70. The zero-order chi connectivity index (χ0) is 20.1. The topological polar surface area (TPSA) is 79.3 Å². The van der Waals surface area contributed by atoms with E-state index < -0.39 is 5.97 Å². The lowest BCUT2D eigenvalue weighted by molar-refractivity contribution is -0.147. The highest BCUT2D eigenvalue weighted by Gasteiger charge is 2.28. The molecular formula is C21H27N3O4. The van der Waals surface area contributed by atoms with E-state index >= 15 is 0 Å². The average Bonchev–Trinajstić information content (AvgIpc) is 2.98. The number of likely N-dealkylation sites (tertiary alicyclic amines) is 1. The van der Waals surface area contributed by atoms with Crippen molar-refractivity contribution in [2.24, 2.45) is 5.10 Å². The largest absolute Gasteiger partial charge is 0.451 e. The Bertz CT molecular complexity index is 795. The molecule has 1 aromatic rings. The number of benzene rings is 1. The summed E-state index contributed by atoms with van der Waals surface area (Å²) in [5.74, 6) is -0.967. The third-order valence-electron chi connectivity index (χ3n) is 5.15. The summed E-state index contributed by atoms with van der Waals surface area (Å²) in [4.78, 5) is 38.8. The molecule has 0 unspecified atom stereocenters. The number of esters is 1. The predicted molar refractivity (Wildman–Crippen MR) is 106 cm³/mol. The van der Waals surface area contributed by atoms with Crippen molar-refractivity contribution in [2.45, 2.75) is 52.4 Å². The van der Waals surface area contributed by atoms with E-state index in [0.717, 1.165) is 36.8 Å². The van der Waals surface area contributed by atoms with Gasteiger partial charge in [0.1, 0.15) is 5.71 Å². The minimum atomic E-state index is -0.633. The van der Waals surface area contributed by atoms with E-state index in [0.29, 0.717) is 18.8 Å². The van der Waals surface area contributed by atoms with Crippen LogP contribution in [-0.4, -0.2) is 48.1 Å². The number of ether oxygens (including phenoxy) is 1. The number of anilines is 1. The van der Waals surface area contributed by atoms with Crippen molar-refractivity contribution in [2.75, 3.05) is 24.7 Å². The van der Waals surface area contributed by atoms with E-state index in [1.165, 1.54) is 5.01 Å². The van der Waals surface area contributed by atoms with Crippen molar-refractivity contribution < 1.29 is 19.1 Å². The molecule has 0 atom stereocenters. The number of aryl methyl sites for hydroxylation is 2. The van der Waals surface area contributed by atoms with Crippen molar-refractivity contribution in [1.29, 1.82) is 0 Å². The third kappa shape index (κ3) is 4.77. The molecule has 2 aliphatic heterocycles. The van der Waals surface area contributed by atoms with Gasteiger partial charge in [-0.25, -0.2) is 4.79 Å². The SMILES string of the molecule is Cc1ccc(C)c(N2N=C(C(=O)OCC(=O)N3CCCCCC3)CCC2=O)c1. The van der Waals surface area contributed by atoms with Gasteiger partial charge in [0.25, 0.3) is 5.91 Å². The second kappa shape index (κ2) is 8.99. The minimum Gasteiger partial charge on any atom is -0.451 e. The van der Waals surface area contributed by atoms with E-state index in [1.807, 2.05) is 32.0 Å². The third-order valence-corrected chi connectivity index (χ3v) is 5.15. The van der Waals surface area contributed by atoms with Gasteiger partial charge in [-0.05, 0) is 43.9 Å². The first-order valence-corrected chi connectivity index (χ1v) is 9.88. The van der Waals surface area contributed by atoms with Crippen molar-refractivity contribution in [3.8, 4) is 0 Å². The highest BCUT2D eigenvalue weighted by atomic mass is 16.5. The Balaban J connectivity index is 1.66. The zero-order valence-electron chi connectivity index (χ0n) is 16.6. The Morgan fingerprint density at radius 3 is 2.50 bits per heavy atom. The smallest absolute Gasteiger partial charge is 0.355 e. The molecule has 2 heterocycles. The molecule has 0 spiro atoms. The monoisotopic (exact) mass is 385 g/mol. The predicted octanol–water partition coefficient (Wildman–Crippen LogP) is 2.73. The fourth-order valence-corrected chi connectivity index (χ4v) is 3.46. The highest BCUT2D eigenvalue weighted by molar-refractivity contribution is 6.38. The molecule has 0 aliphatic carbocycles. The maximum atomic E-state index is 12.4. The van der Waals surface area contributed by atoms with Crippen LogP contribution >= 0.6 is 0 Å². The summed E-state index contributed by atoms with van der Waals surface area (Å²) in [6.07, 6.45) is 4.63. The molecule has 7 nitrogen and oxygen atoms in total. The van der Waals surface area contributed by atoms with Crippen LogP contribution in [0.4, 0.5) is 5.69 Å². The number of nitrogens with zero attached hydrogens (tertiary/aromatic N) is 3. The van der Waals surface area contributed by atoms with E-state index in [1.54, 1.807) is 4.90 Å². The number of carbonyl (C=O) groups is 3. The van der Waals surface area contributed by atoms with Gasteiger partial charge < -0.3 is 9.64 Å².